The molecular weight excluding hydrogens is 268 g/mol. The van der Waals surface area contributed by atoms with Gasteiger partial charge < -0.3 is 15.4 Å². The topological polar surface area (TPSA) is 67.4 Å². The van der Waals surface area contributed by atoms with Gasteiger partial charge in [-0.3, -0.25) is 9.59 Å². The van der Waals surface area contributed by atoms with Crippen LogP contribution in [0.2, 0.25) is 0 Å². The van der Waals surface area contributed by atoms with Gasteiger partial charge in [0, 0.05) is 12.5 Å². The molecule has 5 nitrogen and oxygen atoms in total. The molecule has 1 amide bonds. The Hall–Kier alpha value is -1.10. The summed E-state index contributed by atoms with van der Waals surface area (Å²) in [6.07, 6.45) is 6.29. The third-order valence-corrected chi connectivity index (χ3v) is 4.65. The summed E-state index contributed by atoms with van der Waals surface area (Å²) in [6.45, 7) is 4.35. The van der Waals surface area contributed by atoms with Crippen LogP contribution in [0.1, 0.15) is 51.9 Å². The largest absolute Gasteiger partial charge is 0.466 e. The second kappa shape index (κ2) is 8.37. The molecule has 1 aliphatic heterocycles. The van der Waals surface area contributed by atoms with Gasteiger partial charge in [0.05, 0.1) is 12.5 Å². The summed E-state index contributed by atoms with van der Waals surface area (Å²) < 4.78 is 5.07. The van der Waals surface area contributed by atoms with Crippen LogP contribution < -0.4 is 10.6 Å². The van der Waals surface area contributed by atoms with Crippen molar-refractivity contribution < 1.29 is 14.3 Å². The number of nitrogens with one attached hydrogen (secondary N) is 2. The lowest BCUT2D eigenvalue weighted by atomic mass is 9.85. The lowest BCUT2D eigenvalue weighted by Crippen LogP contribution is -2.40. The molecule has 0 aromatic carbocycles. The van der Waals surface area contributed by atoms with Crippen LogP contribution in [0.4, 0.5) is 0 Å². The second-order valence-corrected chi connectivity index (χ2v) is 6.27. The summed E-state index contributed by atoms with van der Waals surface area (Å²) in [4.78, 5) is 23.7. The molecule has 21 heavy (non-hydrogen) atoms. The van der Waals surface area contributed by atoms with Crippen molar-refractivity contribution in [3.8, 4) is 0 Å². The number of piperidine rings is 1. The molecular formula is C16H28N2O3. The first-order valence-electron chi connectivity index (χ1n) is 8.35. The zero-order chi connectivity index (χ0) is 15.1. The van der Waals surface area contributed by atoms with E-state index in [0.29, 0.717) is 18.9 Å². The highest BCUT2D eigenvalue weighted by Crippen LogP contribution is 2.26. The summed E-state index contributed by atoms with van der Waals surface area (Å²) >= 11 is 0. The van der Waals surface area contributed by atoms with Gasteiger partial charge in [-0.2, -0.15) is 0 Å². The van der Waals surface area contributed by atoms with Crippen molar-refractivity contribution in [1.82, 2.24) is 10.6 Å². The zero-order valence-corrected chi connectivity index (χ0v) is 13.0. The lowest BCUT2D eigenvalue weighted by Gasteiger charge is -2.29. The van der Waals surface area contributed by atoms with Crippen molar-refractivity contribution in [2.24, 2.45) is 11.8 Å². The number of esters is 1. The smallest absolute Gasteiger partial charge is 0.308 e. The summed E-state index contributed by atoms with van der Waals surface area (Å²) in [5, 5.41) is 6.47. The summed E-state index contributed by atoms with van der Waals surface area (Å²) in [6, 6.07) is 0.241. The molecule has 0 radical (unpaired) electrons. The lowest BCUT2D eigenvalue weighted by molar-refractivity contribution is -0.149. The molecule has 120 valence electrons. The van der Waals surface area contributed by atoms with E-state index in [1.807, 2.05) is 6.92 Å². The fraction of sp³-hybridized carbons (Fsp3) is 0.875. The first-order chi connectivity index (χ1) is 10.2. The van der Waals surface area contributed by atoms with E-state index in [1.54, 1.807) is 0 Å². The molecule has 0 bridgehead atoms. The van der Waals surface area contributed by atoms with Crippen molar-refractivity contribution in [1.29, 1.82) is 0 Å². The van der Waals surface area contributed by atoms with Crippen molar-refractivity contribution in [2.75, 3.05) is 19.7 Å². The molecule has 2 fully saturated rings. The highest BCUT2D eigenvalue weighted by Gasteiger charge is 2.28. The zero-order valence-electron chi connectivity index (χ0n) is 13.0. The van der Waals surface area contributed by atoms with E-state index in [9.17, 15) is 9.59 Å². The van der Waals surface area contributed by atoms with Gasteiger partial charge in [0.2, 0.25) is 5.91 Å². The predicted octanol–water partition coefficient (Wildman–Crippen LogP) is 1.61. The van der Waals surface area contributed by atoms with Gasteiger partial charge in [-0.1, -0.05) is 0 Å². The number of carbonyl (C=O) groups is 2. The van der Waals surface area contributed by atoms with Gasteiger partial charge in [-0.25, -0.2) is 0 Å². The van der Waals surface area contributed by atoms with E-state index in [1.165, 1.54) is 0 Å². The van der Waals surface area contributed by atoms with Gasteiger partial charge in [0.1, 0.15) is 0 Å². The SMILES string of the molecule is CCOC(=O)C1CCC(NC(=O)CC2CCNCC2)CC1. The first kappa shape index (κ1) is 16.3. The quantitative estimate of drug-likeness (QED) is 0.757. The number of ether oxygens (including phenoxy) is 1. The average molecular weight is 296 g/mol. The van der Waals surface area contributed by atoms with E-state index in [-0.39, 0.29) is 23.8 Å². The van der Waals surface area contributed by atoms with Crippen LogP contribution in [0, 0.1) is 11.8 Å². The molecule has 2 rings (SSSR count). The Morgan fingerprint density at radius 3 is 2.38 bits per heavy atom. The second-order valence-electron chi connectivity index (χ2n) is 6.27. The number of carbonyl (C=O) groups excluding carboxylic acids is 2. The molecule has 1 saturated carbocycles. The fourth-order valence-electron chi connectivity index (χ4n) is 3.37. The standard InChI is InChI=1S/C16H28N2O3/c1-2-21-16(20)13-3-5-14(6-4-13)18-15(19)11-12-7-9-17-10-8-12/h12-14,17H,2-11H2,1H3,(H,18,19). The van der Waals surface area contributed by atoms with Crippen LogP contribution in [0.25, 0.3) is 0 Å². The molecule has 0 unspecified atom stereocenters. The Labute approximate surface area is 127 Å². The first-order valence-corrected chi connectivity index (χ1v) is 8.35. The Morgan fingerprint density at radius 1 is 1.10 bits per heavy atom. The number of hydrogen-bond donors (Lipinski definition) is 2. The number of amides is 1. The minimum Gasteiger partial charge on any atom is -0.466 e. The Balaban J connectivity index is 1.65. The molecule has 0 atom stereocenters. The van der Waals surface area contributed by atoms with E-state index < -0.39 is 0 Å². The number of hydrogen-bond acceptors (Lipinski definition) is 4. The Kier molecular flexibility index (Phi) is 6.49. The van der Waals surface area contributed by atoms with Crippen molar-refractivity contribution in [2.45, 2.75) is 57.9 Å². The van der Waals surface area contributed by atoms with Crippen LogP contribution in [0.5, 0.6) is 0 Å². The van der Waals surface area contributed by atoms with Gasteiger partial charge in [0.25, 0.3) is 0 Å². The van der Waals surface area contributed by atoms with Gasteiger partial charge >= 0.3 is 5.97 Å². The molecule has 1 heterocycles. The van der Waals surface area contributed by atoms with Crippen molar-refractivity contribution in [3.05, 3.63) is 0 Å². The molecule has 1 saturated heterocycles. The van der Waals surface area contributed by atoms with Crippen molar-refractivity contribution >= 4 is 11.9 Å². The summed E-state index contributed by atoms with van der Waals surface area (Å²) in [5.74, 6) is 0.670. The highest BCUT2D eigenvalue weighted by molar-refractivity contribution is 5.76. The highest BCUT2D eigenvalue weighted by atomic mass is 16.5. The maximum Gasteiger partial charge on any atom is 0.308 e. The van der Waals surface area contributed by atoms with E-state index in [2.05, 4.69) is 10.6 Å². The van der Waals surface area contributed by atoms with Gasteiger partial charge in [0.15, 0.2) is 0 Å². The van der Waals surface area contributed by atoms with E-state index in [4.69, 9.17) is 4.74 Å². The van der Waals surface area contributed by atoms with Crippen LogP contribution in [-0.2, 0) is 14.3 Å². The number of rotatable bonds is 5. The maximum absolute atomic E-state index is 12.1. The third kappa shape index (κ3) is 5.30. The molecule has 0 spiro atoms. The van der Waals surface area contributed by atoms with E-state index in [0.717, 1.165) is 51.6 Å². The third-order valence-electron chi connectivity index (χ3n) is 4.65. The van der Waals surface area contributed by atoms with Gasteiger partial charge in [-0.05, 0) is 64.5 Å². The maximum atomic E-state index is 12.1. The molecule has 0 aromatic rings. The van der Waals surface area contributed by atoms with Crippen LogP contribution in [0.15, 0.2) is 0 Å². The van der Waals surface area contributed by atoms with Crippen molar-refractivity contribution in [3.63, 3.8) is 0 Å². The van der Waals surface area contributed by atoms with Crippen LogP contribution in [-0.4, -0.2) is 37.6 Å². The molecule has 2 N–H and O–H groups in total. The summed E-state index contributed by atoms with van der Waals surface area (Å²) in [7, 11) is 0. The van der Waals surface area contributed by atoms with Crippen LogP contribution in [0.3, 0.4) is 0 Å². The molecule has 5 heteroatoms. The summed E-state index contributed by atoms with van der Waals surface area (Å²) in [5.41, 5.74) is 0. The van der Waals surface area contributed by atoms with Gasteiger partial charge in [-0.15, -0.1) is 0 Å². The monoisotopic (exact) mass is 296 g/mol. The van der Waals surface area contributed by atoms with Crippen LogP contribution >= 0.6 is 0 Å². The normalized spacial score (nSPS) is 27.1. The minimum absolute atomic E-state index is 0.0301. The minimum atomic E-state index is -0.0722. The Bertz CT molecular complexity index is 345. The average Bonchev–Trinajstić information content (AvgIpc) is 2.49. The van der Waals surface area contributed by atoms with E-state index >= 15 is 0 Å². The fourth-order valence-corrected chi connectivity index (χ4v) is 3.37. The molecule has 0 aromatic heterocycles. The molecule has 2 aliphatic rings. The molecule has 1 aliphatic carbocycles. The Morgan fingerprint density at radius 2 is 1.76 bits per heavy atom. The predicted molar refractivity (Wildman–Crippen MR) is 80.7 cm³/mol.